The van der Waals surface area contributed by atoms with Crippen molar-refractivity contribution in [1.82, 2.24) is 0 Å². The molecular weight excluding hydrogens is 390 g/mol. The summed E-state index contributed by atoms with van der Waals surface area (Å²) in [4.78, 5) is 0. The summed E-state index contributed by atoms with van der Waals surface area (Å²) in [5.74, 6) is 1.02. The zero-order valence-electron chi connectivity index (χ0n) is 13.6. The summed E-state index contributed by atoms with van der Waals surface area (Å²) in [6.07, 6.45) is 0.829. The fraction of sp³-hybridized carbons (Fsp3) is 0.333. The molecule has 0 unspecified atom stereocenters. The van der Waals surface area contributed by atoms with Crippen molar-refractivity contribution in [3.63, 3.8) is 0 Å². The van der Waals surface area contributed by atoms with Gasteiger partial charge in [-0.15, -0.1) is 0 Å². The summed E-state index contributed by atoms with van der Waals surface area (Å²) < 4.78 is 11.4. The van der Waals surface area contributed by atoms with E-state index in [1.165, 1.54) is 0 Å². The van der Waals surface area contributed by atoms with Crippen LogP contribution in [-0.4, -0.2) is 12.7 Å². The van der Waals surface area contributed by atoms with Crippen molar-refractivity contribution in [2.75, 3.05) is 6.61 Å². The first-order valence-electron chi connectivity index (χ1n) is 7.53. The highest BCUT2D eigenvalue weighted by molar-refractivity contribution is 6.42. The fourth-order valence-electron chi connectivity index (χ4n) is 2.10. The lowest BCUT2D eigenvalue weighted by Gasteiger charge is -2.17. The van der Waals surface area contributed by atoms with E-state index in [4.69, 9.17) is 55.9 Å². The molecular formula is C18H17Cl4O2. The Balaban J connectivity index is 2.58. The van der Waals surface area contributed by atoms with Gasteiger partial charge in [-0.3, -0.25) is 0 Å². The molecule has 0 heterocycles. The Bertz CT molecular complexity index is 729. The second-order valence-corrected chi connectivity index (χ2v) is 7.00. The van der Waals surface area contributed by atoms with Crippen molar-refractivity contribution in [1.29, 1.82) is 0 Å². The van der Waals surface area contributed by atoms with Gasteiger partial charge >= 0.3 is 0 Å². The highest BCUT2D eigenvalue weighted by Crippen LogP contribution is 2.45. The van der Waals surface area contributed by atoms with E-state index >= 15 is 0 Å². The van der Waals surface area contributed by atoms with Crippen molar-refractivity contribution in [2.45, 2.75) is 33.3 Å². The van der Waals surface area contributed by atoms with Gasteiger partial charge in [-0.05, 0) is 38.5 Å². The highest BCUT2D eigenvalue weighted by atomic mass is 35.5. The normalized spacial score (nSPS) is 11.0. The van der Waals surface area contributed by atoms with E-state index in [2.05, 4.69) is 6.07 Å². The summed E-state index contributed by atoms with van der Waals surface area (Å²) in [7, 11) is 0. The molecule has 24 heavy (non-hydrogen) atoms. The Labute approximate surface area is 162 Å². The average molecular weight is 407 g/mol. The largest absolute Gasteiger partial charge is 0.492 e. The second kappa shape index (κ2) is 8.53. The molecule has 2 aromatic carbocycles. The molecule has 0 saturated heterocycles. The van der Waals surface area contributed by atoms with Crippen LogP contribution in [0.4, 0.5) is 0 Å². The molecule has 2 nitrogen and oxygen atoms in total. The molecule has 2 rings (SSSR count). The minimum Gasteiger partial charge on any atom is -0.492 e. The van der Waals surface area contributed by atoms with Gasteiger partial charge in [-0.2, -0.15) is 0 Å². The summed E-state index contributed by atoms with van der Waals surface area (Å²) in [5.41, 5.74) is 1.16. The van der Waals surface area contributed by atoms with Gasteiger partial charge in [0.2, 0.25) is 0 Å². The minimum atomic E-state index is -0.0340. The van der Waals surface area contributed by atoms with Gasteiger partial charge in [0.1, 0.15) is 11.5 Å². The van der Waals surface area contributed by atoms with Crippen molar-refractivity contribution in [3.8, 4) is 22.6 Å². The lowest BCUT2D eigenvalue weighted by molar-refractivity contribution is 0.242. The zero-order valence-corrected chi connectivity index (χ0v) is 16.6. The molecule has 0 aliphatic heterocycles. The maximum absolute atomic E-state index is 6.49. The summed E-state index contributed by atoms with van der Waals surface area (Å²) in [6, 6.07) is 7.91. The smallest absolute Gasteiger partial charge is 0.139 e. The molecule has 0 saturated carbocycles. The first-order chi connectivity index (χ1) is 11.3. The van der Waals surface area contributed by atoms with Gasteiger partial charge in [0.05, 0.1) is 32.8 Å². The van der Waals surface area contributed by atoms with Crippen LogP contribution in [-0.2, 0) is 0 Å². The maximum atomic E-state index is 6.49. The van der Waals surface area contributed by atoms with Gasteiger partial charge in [0.15, 0.2) is 0 Å². The molecule has 6 heteroatoms. The van der Waals surface area contributed by atoms with E-state index in [1.807, 2.05) is 20.8 Å². The maximum Gasteiger partial charge on any atom is 0.139 e. The van der Waals surface area contributed by atoms with E-state index < -0.39 is 0 Å². The van der Waals surface area contributed by atoms with Crippen LogP contribution < -0.4 is 9.47 Å². The number of benzene rings is 2. The van der Waals surface area contributed by atoms with Crippen LogP contribution in [0.25, 0.3) is 11.1 Å². The molecule has 129 valence electrons. The zero-order chi connectivity index (χ0) is 17.9. The van der Waals surface area contributed by atoms with E-state index in [0.29, 0.717) is 49.3 Å². The Kier molecular flexibility index (Phi) is 6.94. The average Bonchev–Trinajstić information content (AvgIpc) is 2.50. The standard InChI is InChI=1S/C18H17Cl4O2/c1-4-7-23-15-6-5-12(19)17(18(15)22)11-8-16(24-10(2)3)14(21)9-13(11)20/h6,8-10H,4,7H2,1-3H3. The van der Waals surface area contributed by atoms with Gasteiger partial charge in [0.25, 0.3) is 0 Å². The molecule has 1 radical (unpaired) electrons. The number of hydrogen-bond acceptors (Lipinski definition) is 2. The van der Waals surface area contributed by atoms with Crippen LogP contribution in [0.5, 0.6) is 11.5 Å². The third-order valence-electron chi connectivity index (χ3n) is 3.10. The molecule has 2 aromatic rings. The summed E-state index contributed by atoms with van der Waals surface area (Å²) in [6.45, 7) is 6.39. The number of rotatable bonds is 6. The molecule has 0 aliphatic rings. The van der Waals surface area contributed by atoms with Crippen LogP contribution in [0.1, 0.15) is 27.2 Å². The van der Waals surface area contributed by atoms with E-state index in [1.54, 1.807) is 18.2 Å². The molecule has 0 N–H and O–H groups in total. The van der Waals surface area contributed by atoms with Crippen LogP contribution >= 0.6 is 46.4 Å². The number of ether oxygens (including phenoxy) is 2. The molecule has 0 fully saturated rings. The third-order valence-corrected chi connectivity index (χ3v) is 4.38. The number of halogens is 4. The van der Waals surface area contributed by atoms with Gasteiger partial charge in [-0.1, -0.05) is 53.3 Å². The Morgan fingerprint density at radius 1 is 1.04 bits per heavy atom. The fourth-order valence-corrected chi connectivity index (χ4v) is 3.23. The molecule has 0 atom stereocenters. The minimum absolute atomic E-state index is 0.0340. The predicted molar refractivity (Wildman–Crippen MR) is 102 cm³/mol. The van der Waals surface area contributed by atoms with Crippen LogP contribution in [0.2, 0.25) is 20.1 Å². The topological polar surface area (TPSA) is 18.5 Å². The lowest BCUT2D eigenvalue weighted by Crippen LogP contribution is -2.06. The molecule has 0 aliphatic carbocycles. The predicted octanol–water partition coefficient (Wildman–Crippen LogP) is 7.34. The van der Waals surface area contributed by atoms with Crippen LogP contribution in [0.3, 0.4) is 0 Å². The SMILES string of the molecule is CCCOc1c[c]c(Cl)c(-c2cc(OC(C)C)c(Cl)cc2Cl)c1Cl. The van der Waals surface area contributed by atoms with Crippen molar-refractivity contribution >= 4 is 46.4 Å². The first-order valence-corrected chi connectivity index (χ1v) is 9.04. The van der Waals surface area contributed by atoms with Gasteiger partial charge in [-0.25, -0.2) is 0 Å². The van der Waals surface area contributed by atoms with E-state index in [9.17, 15) is 0 Å². The molecule has 0 bridgehead atoms. The first kappa shape index (κ1) is 19.5. The Morgan fingerprint density at radius 2 is 1.75 bits per heavy atom. The Hall–Kier alpha value is -0.800. The van der Waals surface area contributed by atoms with Gasteiger partial charge < -0.3 is 9.47 Å². The third kappa shape index (κ3) is 4.43. The summed E-state index contributed by atoms with van der Waals surface area (Å²) >= 11 is 25.4. The monoisotopic (exact) mass is 405 g/mol. The van der Waals surface area contributed by atoms with Gasteiger partial charge in [0, 0.05) is 17.2 Å². The Morgan fingerprint density at radius 3 is 2.38 bits per heavy atom. The van der Waals surface area contributed by atoms with Crippen LogP contribution in [0.15, 0.2) is 18.2 Å². The second-order valence-electron chi connectivity index (χ2n) is 5.43. The molecule has 0 spiro atoms. The quantitative estimate of drug-likeness (QED) is 0.499. The highest BCUT2D eigenvalue weighted by Gasteiger charge is 2.19. The number of hydrogen-bond donors (Lipinski definition) is 0. The molecule has 0 aromatic heterocycles. The van der Waals surface area contributed by atoms with E-state index in [-0.39, 0.29) is 6.10 Å². The van der Waals surface area contributed by atoms with Crippen LogP contribution in [0, 0.1) is 6.07 Å². The van der Waals surface area contributed by atoms with Crippen molar-refractivity contribution in [3.05, 3.63) is 44.4 Å². The van der Waals surface area contributed by atoms with Crippen molar-refractivity contribution < 1.29 is 9.47 Å². The lowest BCUT2D eigenvalue weighted by atomic mass is 10.0. The molecule has 0 amide bonds. The van der Waals surface area contributed by atoms with E-state index in [0.717, 1.165) is 6.42 Å². The van der Waals surface area contributed by atoms with Crippen molar-refractivity contribution in [2.24, 2.45) is 0 Å². The summed E-state index contributed by atoms with van der Waals surface area (Å²) in [5, 5.41) is 1.57.